The van der Waals surface area contributed by atoms with Crippen LogP contribution in [0.5, 0.6) is 0 Å². The summed E-state index contributed by atoms with van der Waals surface area (Å²) in [4.78, 5) is 2.67. The first-order valence-electron chi connectivity index (χ1n) is 8.73. The summed E-state index contributed by atoms with van der Waals surface area (Å²) in [5, 5.41) is 11.6. The first-order valence-corrected chi connectivity index (χ1v) is 9.88. The van der Waals surface area contributed by atoms with Crippen LogP contribution in [0.4, 0.5) is 5.82 Å². The van der Waals surface area contributed by atoms with Gasteiger partial charge in [0, 0.05) is 62.5 Å². The highest BCUT2D eigenvalue weighted by Gasteiger charge is 2.40. The molecule has 2 fully saturated rings. The van der Waals surface area contributed by atoms with Gasteiger partial charge in [0.2, 0.25) is 0 Å². The Balaban J connectivity index is 1.30. The Kier molecular flexibility index (Phi) is 4.80. The van der Waals surface area contributed by atoms with E-state index in [1.54, 1.807) is 0 Å². The Hall–Kier alpha value is -0.760. The van der Waals surface area contributed by atoms with Crippen molar-refractivity contribution in [2.24, 2.45) is 5.92 Å². The lowest BCUT2D eigenvalue weighted by molar-refractivity contribution is -0.0135. The predicted molar refractivity (Wildman–Crippen MR) is 94.1 cm³/mol. The van der Waals surface area contributed by atoms with Crippen LogP contribution in [0.1, 0.15) is 6.42 Å². The van der Waals surface area contributed by atoms with Crippen molar-refractivity contribution in [3.63, 3.8) is 0 Å². The average molecular weight is 337 g/mol. The van der Waals surface area contributed by atoms with Crippen molar-refractivity contribution < 1.29 is 4.74 Å². The summed E-state index contributed by atoms with van der Waals surface area (Å²) in [6, 6.07) is 2.05. The molecule has 7 heteroatoms. The molecule has 0 bridgehead atoms. The van der Waals surface area contributed by atoms with Crippen molar-refractivity contribution in [1.29, 1.82) is 0 Å². The Morgan fingerprint density at radius 2 is 2.35 bits per heavy atom. The molecule has 0 unspecified atom stereocenters. The van der Waals surface area contributed by atoms with Crippen LogP contribution < -0.4 is 10.6 Å². The molecule has 2 atom stereocenters. The highest BCUT2D eigenvalue weighted by Crippen LogP contribution is 2.33. The molecule has 2 N–H and O–H groups in total. The van der Waals surface area contributed by atoms with E-state index in [4.69, 9.17) is 4.74 Å². The van der Waals surface area contributed by atoms with Crippen LogP contribution >= 0.6 is 11.8 Å². The molecule has 0 radical (unpaired) electrons. The van der Waals surface area contributed by atoms with E-state index < -0.39 is 0 Å². The van der Waals surface area contributed by atoms with Crippen LogP contribution in [0.3, 0.4) is 0 Å². The molecule has 0 saturated carbocycles. The SMILES string of the molecule is c1cc2n(n1)C[C@H](CNC[C@@]1(N3CCOCC3)CCSC1)CN2. The third kappa shape index (κ3) is 3.38. The molecule has 128 valence electrons. The molecule has 0 aliphatic carbocycles. The highest BCUT2D eigenvalue weighted by atomic mass is 32.2. The van der Waals surface area contributed by atoms with Crippen LogP contribution in [-0.2, 0) is 11.3 Å². The fourth-order valence-corrected chi connectivity index (χ4v) is 5.44. The normalized spacial score (nSPS) is 31.7. The highest BCUT2D eigenvalue weighted by molar-refractivity contribution is 7.99. The van der Waals surface area contributed by atoms with E-state index in [2.05, 4.69) is 37.1 Å². The van der Waals surface area contributed by atoms with E-state index in [9.17, 15) is 0 Å². The zero-order valence-electron chi connectivity index (χ0n) is 13.7. The molecule has 0 spiro atoms. The Bertz CT molecular complexity index is 510. The van der Waals surface area contributed by atoms with Crippen molar-refractivity contribution in [2.75, 3.05) is 62.8 Å². The fourth-order valence-electron chi connectivity index (χ4n) is 3.97. The summed E-state index contributed by atoms with van der Waals surface area (Å²) in [7, 11) is 0. The summed E-state index contributed by atoms with van der Waals surface area (Å²) in [6.45, 7) is 8.17. The predicted octanol–water partition coefficient (Wildman–Crippen LogP) is 0.722. The van der Waals surface area contributed by atoms with E-state index in [1.807, 2.05) is 12.3 Å². The first-order chi connectivity index (χ1) is 11.4. The van der Waals surface area contributed by atoms with Gasteiger partial charge in [0.15, 0.2) is 0 Å². The van der Waals surface area contributed by atoms with Gasteiger partial charge in [-0.3, -0.25) is 4.90 Å². The van der Waals surface area contributed by atoms with Gasteiger partial charge in [0.1, 0.15) is 5.82 Å². The van der Waals surface area contributed by atoms with Crippen LogP contribution in [0.25, 0.3) is 0 Å². The summed E-state index contributed by atoms with van der Waals surface area (Å²) >= 11 is 2.10. The number of nitrogens with one attached hydrogen (secondary N) is 2. The quantitative estimate of drug-likeness (QED) is 0.826. The number of hydrogen-bond donors (Lipinski definition) is 2. The molecule has 2 saturated heterocycles. The van der Waals surface area contributed by atoms with Crippen LogP contribution in [0.15, 0.2) is 12.3 Å². The minimum atomic E-state index is 0.341. The van der Waals surface area contributed by atoms with E-state index in [1.165, 1.54) is 17.9 Å². The van der Waals surface area contributed by atoms with E-state index in [0.29, 0.717) is 11.5 Å². The second-order valence-corrected chi connectivity index (χ2v) is 8.01. The first kappa shape index (κ1) is 15.7. The maximum atomic E-state index is 5.54. The molecular formula is C16H27N5OS. The Labute approximate surface area is 142 Å². The topological polar surface area (TPSA) is 54.4 Å². The molecular weight excluding hydrogens is 310 g/mol. The number of morpholine rings is 1. The van der Waals surface area contributed by atoms with Crippen LogP contribution in [0, 0.1) is 5.92 Å². The summed E-state index contributed by atoms with van der Waals surface area (Å²) in [6.07, 6.45) is 3.18. The minimum Gasteiger partial charge on any atom is -0.379 e. The molecule has 0 amide bonds. The lowest BCUT2D eigenvalue weighted by atomic mass is 9.95. The maximum absolute atomic E-state index is 5.54. The lowest BCUT2D eigenvalue weighted by Gasteiger charge is -2.43. The number of ether oxygens (including phenoxy) is 1. The van der Waals surface area contributed by atoms with Crippen molar-refractivity contribution in [3.8, 4) is 0 Å². The Morgan fingerprint density at radius 3 is 3.17 bits per heavy atom. The number of hydrogen-bond acceptors (Lipinski definition) is 6. The number of aromatic nitrogens is 2. The van der Waals surface area contributed by atoms with E-state index >= 15 is 0 Å². The molecule has 1 aromatic rings. The lowest BCUT2D eigenvalue weighted by Crippen LogP contribution is -2.59. The van der Waals surface area contributed by atoms with Gasteiger partial charge in [-0.25, -0.2) is 4.68 Å². The Morgan fingerprint density at radius 1 is 1.43 bits per heavy atom. The van der Waals surface area contributed by atoms with Crippen molar-refractivity contribution in [3.05, 3.63) is 12.3 Å². The molecule has 23 heavy (non-hydrogen) atoms. The van der Waals surface area contributed by atoms with E-state index in [-0.39, 0.29) is 0 Å². The van der Waals surface area contributed by atoms with Gasteiger partial charge >= 0.3 is 0 Å². The third-order valence-electron chi connectivity index (χ3n) is 5.37. The van der Waals surface area contributed by atoms with Gasteiger partial charge < -0.3 is 15.4 Å². The number of thioether (sulfide) groups is 1. The van der Waals surface area contributed by atoms with Gasteiger partial charge in [-0.1, -0.05) is 0 Å². The zero-order chi connectivity index (χ0) is 15.5. The maximum Gasteiger partial charge on any atom is 0.124 e. The fraction of sp³-hybridized carbons (Fsp3) is 0.812. The minimum absolute atomic E-state index is 0.341. The van der Waals surface area contributed by atoms with Gasteiger partial charge in [-0.05, 0) is 12.2 Å². The van der Waals surface area contributed by atoms with Gasteiger partial charge in [0.25, 0.3) is 0 Å². The smallest absolute Gasteiger partial charge is 0.124 e. The molecule has 4 heterocycles. The second-order valence-electron chi connectivity index (χ2n) is 6.90. The molecule has 4 rings (SSSR count). The van der Waals surface area contributed by atoms with Crippen LogP contribution in [0.2, 0.25) is 0 Å². The standard InChI is InChI=1S/C16H27N5OS/c1-3-19-21-11-14(10-18-15(1)21)9-17-12-16(2-8-23-13-16)20-4-6-22-7-5-20/h1,3,14,17-18H,2,4-13H2/t14-,16+/m1/s1. The number of nitrogens with zero attached hydrogens (tertiary/aromatic N) is 3. The molecule has 1 aromatic heterocycles. The second kappa shape index (κ2) is 7.01. The van der Waals surface area contributed by atoms with Gasteiger partial charge in [0.05, 0.1) is 19.4 Å². The zero-order valence-corrected chi connectivity index (χ0v) is 14.5. The van der Waals surface area contributed by atoms with Gasteiger partial charge in [-0.2, -0.15) is 16.9 Å². The molecule has 6 nitrogen and oxygen atoms in total. The van der Waals surface area contributed by atoms with Gasteiger partial charge in [-0.15, -0.1) is 0 Å². The van der Waals surface area contributed by atoms with Crippen molar-refractivity contribution in [2.45, 2.75) is 18.5 Å². The summed E-state index contributed by atoms with van der Waals surface area (Å²) in [5.74, 6) is 4.31. The number of rotatable bonds is 5. The largest absolute Gasteiger partial charge is 0.379 e. The number of anilines is 1. The molecule has 3 aliphatic rings. The monoisotopic (exact) mass is 337 g/mol. The summed E-state index contributed by atoms with van der Waals surface area (Å²) < 4.78 is 7.63. The average Bonchev–Trinajstić information content (AvgIpc) is 3.25. The molecule has 0 aromatic carbocycles. The number of fused-ring (bicyclic) bond motifs is 1. The van der Waals surface area contributed by atoms with Crippen molar-refractivity contribution >= 4 is 17.6 Å². The third-order valence-corrected chi connectivity index (χ3v) is 6.61. The van der Waals surface area contributed by atoms with Crippen LogP contribution in [-0.4, -0.2) is 77.7 Å². The van der Waals surface area contributed by atoms with Crippen molar-refractivity contribution in [1.82, 2.24) is 20.0 Å². The summed E-state index contributed by atoms with van der Waals surface area (Å²) in [5.41, 5.74) is 0.341. The molecule has 3 aliphatic heterocycles. The van der Waals surface area contributed by atoms with E-state index in [0.717, 1.165) is 58.3 Å².